The summed E-state index contributed by atoms with van der Waals surface area (Å²) in [7, 11) is 1.69. The topological polar surface area (TPSA) is 9.23 Å². The molecule has 0 aliphatic heterocycles. The fourth-order valence-electron chi connectivity index (χ4n) is 2.20. The van der Waals surface area contributed by atoms with Gasteiger partial charge in [0.2, 0.25) is 0 Å². The van der Waals surface area contributed by atoms with Crippen molar-refractivity contribution in [2.45, 2.75) is 32.3 Å². The van der Waals surface area contributed by atoms with Crippen molar-refractivity contribution in [2.75, 3.05) is 7.11 Å². The summed E-state index contributed by atoms with van der Waals surface area (Å²) in [6, 6.07) is 18.0. The van der Waals surface area contributed by atoms with E-state index < -0.39 is 0 Å². The smallest absolute Gasteiger partial charge is 0.144 e. The van der Waals surface area contributed by atoms with Gasteiger partial charge in [0.15, 0.2) is 0 Å². The average molecular weight is 302 g/mol. The highest BCUT2D eigenvalue weighted by molar-refractivity contribution is 5.46. The Labute approximate surface area is 139 Å². The van der Waals surface area contributed by atoms with Gasteiger partial charge in [-0.25, -0.2) is 0 Å². The van der Waals surface area contributed by atoms with E-state index >= 15 is 0 Å². The molecule has 116 valence electrons. The number of ether oxygens (including phenoxy) is 1. The SMILES string of the molecule is CCCCC#Cc1ccccc1C(C#Cc1ccccc1)OC. The number of hydrogen-bond acceptors (Lipinski definition) is 1. The fraction of sp³-hybridized carbons (Fsp3) is 0.273. The van der Waals surface area contributed by atoms with Crippen LogP contribution in [-0.4, -0.2) is 7.11 Å². The van der Waals surface area contributed by atoms with E-state index in [0.717, 1.165) is 29.5 Å². The summed E-state index contributed by atoms with van der Waals surface area (Å²) in [5.74, 6) is 12.9. The molecule has 1 nitrogen and oxygen atoms in total. The Morgan fingerprint density at radius 1 is 0.957 bits per heavy atom. The van der Waals surface area contributed by atoms with E-state index in [1.165, 1.54) is 6.42 Å². The molecular formula is C22H22O. The Balaban J connectivity index is 2.24. The third-order valence-corrected chi connectivity index (χ3v) is 3.48. The summed E-state index contributed by atoms with van der Waals surface area (Å²) >= 11 is 0. The van der Waals surface area contributed by atoms with Crippen LogP contribution >= 0.6 is 0 Å². The Morgan fingerprint density at radius 3 is 2.43 bits per heavy atom. The van der Waals surface area contributed by atoms with Gasteiger partial charge in [-0.1, -0.05) is 73.4 Å². The van der Waals surface area contributed by atoms with Gasteiger partial charge >= 0.3 is 0 Å². The molecular weight excluding hydrogens is 280 g/mol. The van der Waals surface area contributed by atoms with Crippen LogP contribution in [0.5, 0.6) is 0 Å². The highest BCUT2D eigenvalue weighted by atomic mass is 16.5. The minimum absolute atomic E-state index is 0.271. The predicted molar refractivity (Wildman–Crippen MR) is 95.9 cm³/mol. The van der Waals surface area contributed by atoms with Crippen molar-refractivity contribution >= 4 is 0 Å². The first-order valence-corrected chi connectivity index (χ1v) is 8.02. The van der Waals surface area contributed by atoms with Gasteiger partial charge in [-0.3, -0.25) is 0 Å². The summed E-state index contributed by atoms with van der Waals surface area (Å²) in [5.41, 5.74) is 3.02. The minimum Gasteiger partial charge on any atom is -0.364 e. The molecule has 2 rings (SSSR count). The van der Waals surface area contributed by atoms with Crippen LogP contribution in [0.15, 0.2) is 54.6 Å². The number of unbranched alkanes of at least 4 members (excludes halogenated alkanes) is 2. The van der Waals surface area contributed by atoms with Crippen LogP contribution in [0.25, 0.3) is 0 Å². The third-order valence-electron chi connectivity index (χ3n) is 3.48. The van der Waals surface area contributed by atoms with Crippen LogP contribution in [0, 0.1) is 23.7 Å². The molecule has 0 saturated heterocycles. The lowest BCUT2D eigenvalue weighted by Gasteiger charge is -2.11. The van der Waals surface area contributed by atoms with Gasteiger partial charge in [0.1, 0.15) is 6.10 Å². The maximum atomic E-state index is 5.58. The maximum Gasteiger partial charge on any atom is 0.144 e. The molecule has 0 spiro atoms. The van der Waals surface area contributed by atoms with Crippen LogP contribution in [0.2, 0.25) is 0 Å². The Kier molecular flexibility index (Phi) is 6.99. The van der Waals surface area contributed by atoms with Crippen LogP contribution in [0.1, 0.15) is 49.0 Å². The van der Waals surface area contributed by atoms with Crippen LogP contribution in [-0.2, 0) is 4.74 Å². The Morgan fingerprint density at radius 2 is 1.70 bits per heavy atom. The van der Waals surface area contributed by atoms with Gasteiger partial charge in [0, 0.05) is 30.2 Å². The van der Waals surface area contributed by atoms with Gasteiger partial charge in [0.05, 0.1) is 0 Å². The van der Waals surface area contributed by atoms with E-state index in [-0.39, 0.29) is 6.10 Å². The first-order chi connectivity index (χ1) is 11.3. The summed E-state index contributed by atoms with van der Waals surface area (Å²) < 4.78 is 5.58. The predicted octanol–water partition coefficient (Wildman–Crippen LogP) is 4.97. The monoisotopic (exact) mass is 302 g/mol. The van der Waals surface area contributed by atoms with Crippen LogP contribution in [0.4, 0.5) is 0 Å². The highest BCUT2D eigenvalue weighted by Crippen LogP contribution is 2.20. The first kappa shape index (κ1) is 16.9. The molecule has 1 unspecified atom stereocenters. The summed E-state index contributed by atoms with van der Waals surface area (Å²) in [5, 5.41) is 0. The molecule has 0 aromatic heterocycles. The van der Waals surface area contributed by atoms with E-state index in [2.05, 4.69) is 30.6 Å². The van der Waals surface area contributed by atoms with E-state index in [0.29, 0.717) is 0 Å². The fourth-order valence-corrected chi connectivity index (χ4v) is 2.20. The van der Waals surface area contributed by atoms with Crippen LogP contribution in [0.3, 0.4) is 0 Å². The molecule has 0 aliphatic rings. The molecule has 2 aromatic rings. The second-order valence-electron chi connectivity index (χ2n) is 5.24. The Hall–Kier alpha value is -2.48. The van der Waals surface area contributed by atoms with E-state index in [1.807, 2.05) is 54.6 Å². The highest BCUT2D eigenvalue weighted by Gasteiger charge is 2.10. The van der Waals surface area contributed by atoms with Gasteiger partial charge in [0.25, 0.3) is 0 Å². The molecule has 1 heteroatoms. The summed E-state index contributed by atoms with van der Waals surface area (Å²) in [6.07, 6.45) is 2.96. The Bertz CT molecular complexity index is 723. The number of rotatable bonds is 4. The van der Waals surface area contributed by atoms with Gasteiger partial charge < -0.3 is 4.74 Å². The second kappa shape index (κ2) is 9.52. The largest absolute Gasteiger partial charge is 0.364 e. The standard InChI is InChI=1S/C22H22O/c1-3-4-5-9-14-20-15-10-11-16-21(20)22(23-2)18-17-19-12-7-6-8-13-19/h6-8,10-13,15-16,22H,3-5H2,1-2H3. The quantitative estimate of drug-likeness (QED) is 0.572. The molecule has 0 N–H and O–H groups in total. The number of methoxy groups -OCH3 is 1. The maximum absolute atomic E-state index is 5.58. The van der Waals surface area contributed by atoms with Crippen molar-refractivity contribution in [3.05, 3.63) is 71.3 Å². The lowest BCUT2D eigenvalue weighted by atomic mass is 10.0. The molecule has 0 amide bonds. The molecule has 0 aliphatic carbocycles. The van der Waals surface area contributed by atoms with Crippen molar-refractivity contribution in [1.82, 2.24) is 0 Å². The first-order valence-electron chi connectivity index (χ1n) is 8.02. The van der Waals surface area contributed by atoms with Gasteiger partial charge in [-0.05, 0) is 24.6 Å². The third kappa shape index (κ3) is 5.33. The van der Waals surface area contributed by atoms with Crippen molar-refractivity contribution in [3.8, 4) is 23.7 Å². The molecule has 0 saturated carbocycles. The van der Waals surface area contributed by atoms with Gasteiger partial charge in [-0.2, -0.15) is 0 Å². The zero-order chi connectivity index (χ0) is 16.3. The molecule has 0 radical (unpaired) electrons. The molecule has 0 bridgehead atoms. The molecule has 2 aromatic carbocycles. The normalized spacial score (nSPS) is 10.9. The summed E-state index contributed by atoms with van der Waals surface area (Å²) in [6.45, 7) is 2.18. The molecule has 0 fully saturated rings. The zero-order valence-corrected chi connectivity index (χ0v) is 13.8. The minimum atomic E-state index is -0.271. The lowest BCUT2D eigenvalue weighted by molar-refractivity contribution is 0.150. The van der Waals surface area contributed by atoms with Crippen molar-refractivity contribution < 1.29 is 4.74 Å². The summed E-state index contributed by atoms with van der Waals surface area (Å²) in [4.78, 5) is 0. The zero-order valence-electron chi connectivity index (χ0n) is 13.8. The molecule has 1 atom stereocenters. The second-order valence-corrected chi connectivity index (χ2v) is 5.24. The average Bonchev–Trinajstić information content (AvgIpc) is 2.61. The lowest BCUT2D eigenvalue weighted by Crippen LogP contribution is -2.01. The van der Waals surface area contributed by atoms with E-state index in [4.69, 9.17) is 4.74 Å². The van der Waals surface area contributed by atoms with Crippen molar-refractivity contribution in [2.24, 2.45) is 0 Å². The van der Waals surface area contributed by atoms with E-state index in [9.17, 15) is 0 Å². The van der Waals surface area contributed by atoms with E-state index in [1.54, 1.807) is 7.11 Å². The molecule has 0 heterocycles. The van der Waals surface area contributed by atoms with Gasteiger partial charge in [-0.15, -0.1) is 0 Å². The number of hydrogen-bond donors (Lipinski definition) is 0. The van der Waals surface area contributed by atoms with Crippen molar-refractivity contribution in [1.29, 1.82) is 0 Å². The van der Waals surface area contributed by atoms with Crippen molar-refractivity contribution in [3.63, 3.8) is 0 Å². The number of benzene rings is 2. The molecule has 23 heavy (non-hydrogen) atoms. The van der Waals surface area contributed by atoms with Crippen LogP contribution < -0.4 is 0 Å².